The van der Waals surface area contributed by atoms with Gasteiger partial charge in [0.25, 0.3) is 0 Å². The summed E-state index contributed by atoms with van der Waals surface area (Å²) in [6.07, 6.45) is 5.61. The lowest BCUT2D eigenvalue weighted by atomic mass is 10.2. The molecular formula is C11H22O3. The van der Waals surface area contributed by atoms with E-state index >= 15 is 0 Å². The van der Waals surface area contributed by atoms with E-state index in [1.54, 1.807) is 7.11 Å². The predicted octanol–water partition coefficient (Wildman–Crippen LogP) is 2.00. The van der Waals surface area contributed by atoms with Crippen molar-refractivity contribution in [2.75, 3.05) is 26.9 Å². The van der Waals surface area contributed by atoms with Gasteiger partial charge in [-0.05, 0) is 19.8 Å². The highest BCUT2D eigenvalue weighted by Crippen LogP contribution is 2.20. The van der Waals surface area contributed by atoms with Crippen LogP contribution >= 0.6 is 0 Å². The van der Waals surface area contributed by atoms with Crippen LogP contribution < -0.4 is 0 Å². The van der Waals surface area contributed by atoms with Crippen molar-refractivity contribution in [3.8, 4) is 0 Å². The Balaban J connectivity index is 1.68. The van der Waals surface area contributed by atoms with Gasteiger partial charge in [0, 0.05) is 20.3 Å². The number of unbranched alkanes of at least 4 members (excludes halogenated alkanes) is 3. The molecule has 0 aromatic rings. The fourth-order valence-corrected chi connectivity index (χ4v) is 1.41. The molecule has 1 heterocycles. The van der Waals surface area contributed by atoms with Gasteiger partial charge in [-0.2, -0.15) is 0 Å². The van der Waals surface area contributed by atoms with Crippen molar-refractivity contribution in [3.05, 3.63) is 0 Å². The summed E-state index contributed by atoms with van der Waals surface area (Å²) in [5, 5.41) is 0. The molecule has 1 aliphatic rings. The first-order chi connectivity index (χ1) is 6.84. The Bertz CT molecular complexity index is 138. The maximum absolute atomic E-state index is 5.48. The van der Waals surface area contributed by atoms with Crippen LogP contribution in [0.1, 0.15) is 32.6 Å². The van der Waals surface area contributed by atoms with E-state index in [0.717, 1.165) is 26.2 Å². The van der Waals surface area contributed by atoms with E-state index in [1.807, 2.05) is 0 Å². The molecule has 0 bridgehead atoms. The zero-order chi connectivity index (χ0) is 10.2. The molecule has 0 aromatic carbocycles. The number of epoxide rings is 1. The predicted molar refractivity (Wildman–Crippen MR) is 55.5 cm³/mol. The summed E-state index contributed by atoms with van der Waals surface area (Å²) in [5.74, 6) is 0. The second kappa shape index (κ2) is 7.21. The van der Waals surface area contributed by atoms with Gasteiger partial charge in [0.05, 0.1) is 12.7 Å². The molecule has 0 saturated carbocycles. The van der Waals surface area contributed by atoms with Crippen LogP contribution in [0, 0.1) is 0 Å². The first kappa shape index (κ1) is 12.0. The normalized spacial score (nSPS) is 25.3. The lowest BCUT2D eigenvalue weighted by molar-refractivity contribution is 0.112. The summed E-state index contributed by atoms with van der Waals surface area (Å²) in [6.45, 7) is 4.62. The summed E-state index contributed by atoms with van der Waals surface area (Å²) >= 11 is 0. The fourth-order valence-electron chi connectivity index (χ4n) is 1.41. The van der Waals surface area contributed by atoms with Crippen LogP contribution in [-0.4, -0.2) is 39.1 Å². The van der Waals surface area contributed by atoms with E-state index in [-0.39, 0.29) is 0 Å². The molecule has 1 saturated heterocycles. The highest BCUT2D eigenvalue weighted by atomic mass is 16.6. The van der Waals surface area contributed by atoms with E-state index in [2.05, 4.69) is 6.92 Å². The molecule has 3 heteroatoms. The Hall–Kier alpha value is -0.120. The van der Waals surface area contributed by atoms with E-state index in [4.69, 9.17) is 14.2 Å². The largest absolute Gasteiger partial charge is 0.385 e. The molecule has 0 N–H and O–H groups in total. The second-order valence-electron chi connectivity index (χ2n) is 3.86. The summed E-state index contributed by atoms with van der Waals surface area (Å²) in [4.78, 5) is 0. The third kappa shape index (κ3) is 5.58. The molecule has 2 unspecified atom stereocenters. The number of hydrogen-bond acceptors (Lipinski definition) is 3. The summed E-state index contributed by atoms with van der Waals surface area (Å²) in [5.41, 5.74) is 0. The average Bonchev–Trinajstić information content (AvgIpc) is 2.87. The minimum atomic E-state index is 0.378. The van der Waals surface area contributed by atoms with Gasteiger partial charge in [0.1, 0.15) is 6.10 Å². The molecule has 3 nitrogen and oxygen atoms in total. The minimum Gasteiger partial charge on any atom is -0.385 e. The van der Waals surface area contributed by atoms with Crippen molar-refractivity contribution in [1.82, 2.24) is 0 Å². The summed E-state index contributed by atoms with van der Waals surface area (Å²) in [6, 6.07) is 0. The SMILES string of the molecule is COCCCCCCOCC1OC1C. The molecule has 0 spiro atoms. The van der Waals surface area contributed by atoms with Crippen molar-refractivity contribution in [2.45, 2.75) is 44.8 Å². The third-order valence-corrected chi connectivity index (χ3v) is 2.51. The molecule has 0 radical (unpaired) electrons. The molecule has 1 aliphatic heterocycles. The van der Waals surface area contributed by atoms with Gasteiger partial charge in [-0.3, -0.25) is 0 Å². The lowest BCUT2D eigenvalue weighted by Crippen LogP contribution is -2.04. The summed E-state index contributed by atoms with van der Waals surface area (Å²) < 4.78 is 15.7. The van der Waals surface area contributed by atoms with Gasteiger partial charge < -0.3 is 14.2 Å². The summed E-state index contributed by atoms with van der Waals surface area (Å²) in [7, 11) is 1.75. The molecule has 1 fully saturated rings. The molecule has 0 aromatic heterocycles. The smallest absolute Gasteiger partial charge is 0.107 e. The zero-order valence-corrected chi connectivity index (χ0v) is 9.33. The monoisotopic (exact) mass is 202 g/mol. The zero-order valence-electron chi connectivity index (χ0n) is 9.33. The van der Waals surface area contributed by atoms with E-state index in [9.17, 15) is 0 Å². The van der Waals surface area contributed by atoms with E-state index in [1.165, 1.54) is 19.3 Å². The minimum absolute atomic E-state index is 0.378. The Morgan fingerprint density at radius 1 is 1.07 bits per heavy atom. The Kier molecular flexibility index (Phi) is 6.15. The quantitative estimate of drug-likeness (QED) is 0.423. The topological polar surface area (TPSA) is 31.0 Å². The number of rotatable bonds is 9. The van der Waals surface area contributed by atoms with Crippen LogP contribution in [0.3, 0.4) is 0 Å². The highest BCUT2D eigenvalue weighted by Gasteiger charge is 2.33. The molecule has 0 amide bonds. The van der Waals surface area contributed by atoms with Crippen molar-refractivity contribution < 1.29 is 14.2 Å². The fraction of sp³-hybridized carbons (Fsp3) is 1.00. The van der Waals surface area contributed by atoms with Crippen LogP contribution in [0.2, 0.25) is 0 Å². The van der Waals surface area contributed by atoms with Gasteiger partial charge in [-0.1, -0.05) is 12.8 Å². The third-order valence-electron chi connectivity index (χ3n) is 2.51. The van der Waals surface area contributed by atoms with Gasteiger partial charge in [-0.15, -0.1) is 0 Å². The van der Waals surface area contributed by atoms with Crippen LogP contribution in [0.4, 0.5) is 0 Å². The number of ether oxygens (including phenoxy) is 3. The number of hydrogen-bond donors (Lipinski definition) is 0. The maximum atomic E-state index is 5.48. The first-order valence-electron chi connectivity index (χ1n) is 5.56. The van der Waals surface area contributed by atoms with Crippen LogP contribution in [0.15, 0.2) is 0 Å². The van der Waals surface area contributed by atoms with Crippen molar-refractivity contribution in [1.29, 1.82) is 0 Å². The van der Waals surface area contributed by atoms with Gasteiger partial charge in [0.15, 0.2) is 0 Å². The van der Waals surface area contributed by atoms with Crippen LogP contribution in [0.5, 0.6) is 0 Å². The standard InChI is InChI=1S/C11H22O3/c1-10-11(14-10)9-13-8-6-4-3-5-7-12-2/h10-11H,3-9H2,1-2H3. The lowest BCUT2D eigenvalue weighted by Gasteiger charge is -2.02. The maximum Gasteiger partial charge on any atom is 0.107 e. The highest BCUT2D eigenvalue weighted by molar-refractivity contribution is 4.79. The van der Waals surface area contributed by atoms with Crippen LogP contribution in [0.25, 0.3) is 0 Å². The Morgan fingerprint density at radius 2 is 1.71 bits per heavy atom. The molecular weight excluding hydrogens is 180 g/mol. The molecule has 14 heavy (non-hydrogen) atoms. The molecule has 0 aliphatic carbocycles. The Labute approximate surface area is 86.7 Å². The van der Waals surface area contributed by atoms with Crippen LogP contribution in [-0.2, 0) is 14.2 Å². The van der Waals surface area contributed by atoms with Crippen molar-refractivity contribution >= 4 is 0 Å². The van der Waals surface area contributed by atoms with Crippen molar-refractivity contribution in [2.24, 2.45) is 0 Å². The van der Waals surface area contributed by atoms with E-state index in [0.29, 0.717) is 12.2 Å². The molecule has 2 atom stereocenters. The van der Waals surface area contributed by atoms with Gasteiger partial charge in [0.2, 0.25) is 0 Å². The van der Waals surface area contributed by atoms with E-state index < -0.39 is 0 Å². The first-order valence-corrected chi connectivity index (χ1v) is 5.56. The molecule has 84 valence electrons. The number of methoxy groups -OCH3 is 1. The van der Waals surface area contributed by atoms with Gasteiger partial charge in [-0.25, -0.2) is 0 Å². The molecule has 1 rings (SSSR count). The van der Waals surface area contributed by atoms with Crippen molar-refractivity contribution in [3.63, 3.8) is 0 Å². The van der Waals surface area contributed by atoms with Gasteiger partial charge >= 0.3 is 0 Å². The Morgan fingerprint density at radius 3 is 2.29 bits per heavy atom. The second-order valence-corrected chi connectivity index (χ2v) is 3.86. The average molecular weight is 202 g/mol.